The molecule has 156 valence electrons. The molecule has 30 heavy (non-hydrogen) atoms. The first-order valence-corrected chi connectivity index (χ1v) is 9.96. The van der Waals surface area contributed by atoms with E-state index >= 15 is 0 Å². The van der Waals surface area contributed by atoms with E-state index in [1.807, 2.05) is 0 Å². The van der Waals surface area contributed by atoms with Crippen LogP contribution in [-0.2, 0) is 11.9 Å². The highest BCUT2D eigenvalue weighted by molar-refractivity contribution is 7.98. The van der Waals surface area contributed by atoms with Crippen molar-refractivity contribution in [3.05, 3.63) is 86.3 Å². The van der Waals surface area contributed by atoms with Gasteiger partial charge in [-0.1, -0.05) is 35.5 Å². The molecule has 0 aliphatic rings. The van der Waals surface area contributed by atoms with Gasteiger partial charge in [0.2, 0.25) is 0 Å². The number of hydrogen-bond donors (Lipinski definition) is 2. The van der Waals surface area contributed by atoms with Crippen LogP contribution in [0.25, 0.3) is 0 Å². The van der Waals surface area contributed by atoms with Crippen LogP contribution in [0.4, 0.5) is 18.9 Å². The summed E-state index contributed by atoms with van der Waals surface area (Å²) < 4.78 is 38.6. The first-order valence-electron chi connectivity index (χ1n) is 8.59. The predicted molar refractivity (Wildman–Crippen MR) is 110 cm³/mol. The fourth-order valence-electron chi connectivity index (χ4n) is 2.52. The van der Waals surface area contributed by atoms with Crippen molar-refractivity contribution in [3.63, 3.8) is 0 Å². The molecular weight excluding hydrogens is 439 g/mol. The van der Waals surface area contributed by atoms with Crippen LogP contribution in [0.5, 0.6) is 0 Å². The summed E-state index contributed by atoms with van der Waals surface area (Å²) in [7, 11) is 0. The second kappa shape index (κ2) is 8.93. The van der Waals surface area contributed by atoms with E-state index in [1.54, 1.807) is 31.2 Å². The summed E-state index contributed by atoms with van der Waals surface area (Å²) in [5.74, 6) is -0.0755. The van der Waals surface area contributed by atoms with Crippen molar-refractivity contribution in [1.82, 2.24) is 9.97 Å². The molecule has 3 aromatic rings. The first kappa shape index (κ1) is 21.9. The molecular formula is C20H15ClF3N3O2S. The van der Waals surface area contributed by atoms with Crippen molar-refractivity contribution in [1.29, 1.82) is 0 Å². The second-order valence-electron chi connectivity index (χ2n) is 6.32. The van der Waals surface area contributed by atoms with Crippen molar-refractivity contribution in [2.45, 2.75) is 24.0 Å². The highest BCUT2D eigenvalue weighted by Gasteiger charge is 2.31. The average Bonchev–Trinajstić information content (AvgIpc) is 2.67. The lowest BCUT2D eigenvalue weighted by Crippen LogP contribution is -2.13. The maximum absolute atomic E-state index is 12.9. The van der Waals surface area contributed by atoms with Gasteiger partial charge in [0.1, 0.15) is 0 Å². The number of aryl methyl sites for hydroxylation is 1. The van der Waals surface area contributed by atoms with Crippen LogP contribution in [0, 0.1) is 6.92 Å². The number of rotatable bonds is 5. The lowest BCUT2D eigenvalue weighted by atomic mass is 10.1. The molecule has 0 fully saturated rings. The van der Waals surface area contributed by atoms with E-state index in [4.69, 9.17) is 11.6 Å². The van der Waals surface area contributed by atoms with Crippen LogP contribution < -0.4 is 10.9 Å². The molecule has 0 aliphatic heterocycles. The van der Waals surface area contributed by atoms with Crippen molar-refractivity contribution >= 4 is 35.0 Å². The number of nitrogens with one attached hydrogen (secondary N) is 2. The fraction of sp³-hybridized carbons (Fsp3) is 0.150. The van der Waals surface area contributed by atoms with E-state index in [-0.39, 0.29) is 21.8 Å². The molecule has 1 heterocycles. The minimum Gasteiger partial charge on any atom is -0.321 e. The molecule has 2 aromatic carbocycles. The van der Waals surface area contributed by atoms with Gasteiger partial charge in [-0.25, -0.2) is 4.98 Å². The Morgan fingerprint density at radius 3 is 2.50 bits per heavy atom. The number of H-pyrrole nitrogens is 1. The second-order valence-corrected chi connectivity index (χ2v) is 7.70. The number of anilines is 1. The molecule has 0 atom stereocenters. The number of amides is 1. The van der Waals surface area contributed by atoms with Gasteiger partial charge in [0.25, 0.3) is 11.5 Å². The number of carbonyl (C=O) groups is 1. The van der Waals surface area contributed by atoms with Gasteiger partial charge in [-0.05, 0) is 42.8 Å². The number of thioether (sulfide) groups is 1. The number of alkyl halides is 3. The Morgan fingerprint density at radius 2 is 1.87 bits per heavy atom. The number of aromatic nitrogens is 2. The van der Waals surface area contributed by atoms with Gasteiger partial charge in [0, 0.05) is 23.1 Å². The van der Waals surface area contributed by atoms with Gasteiger partial charge < -0.3 is 10.3 Å². The molecule has 2 N–H and O–H groups in total. The topological polar surface area (TPSA) is 74.8 Å². The monoisotopic (exact) mass is 453 g/mol. The predicted octanol–water partition coefficient (Wildman–Crippen LogP) is 5.30. The first-order chi connectivity index (χ1) is 14.1. The molecule has 5 nitrogen and oxygen atoms in total. The molecule has 0 spiro atoms. The molecule has 10 heteroatoms. The summed E-state index contributed by atoms with van der Waals surface area (Å²) in [4.78, 5) is 30.7. The summed E-state index contributed by atoms with van der Waals surface area (Å²) >= 11 is 7.24. The lowest BCUT2D eigenvalue weighted by Gasteiger charge is -2.12. The molecule has 0 saturated carbocycles. The Morgan fingerprint density at radius 1 is 1.17 bits per heavy atom. The fourth-order valence-corrected chi connectivity index (χ4v) is 3.56. The maximum Gasteiger partial charge on any atom is 0.416 e. The summed E-state index contributed by atoms with van der Waals surface area (Å²) in [6.45, 7) is 1.73. The van der Waals surface area contributed by atoms with E-state index in [9.17, 15) is 22.8 Å². The van der Waals surface area contributed by atoms with Crippen LogP contribution in [-0.4, -0.2) is 15.9 Å². The van der Waals surface area contributed by atoms with Gasteiger partial charge in [-0.15, -0.1) is 0 Å². The Bertz CT molecular complexity index is 1130. The van der Waals surface area contributed by atoms with Gasteiger partial charge in [0.15, 0.2) is 5.16 Å². The van der Waals surface area contributed by atoms with Crippen LogP contribution in [0.3, 0.4) is 0 Å². The zero-order valence-corrected chi connectivity index (χ0v) is 17.1. The van der Waals surface area contributed by atoms with Gasteiger partial charge in [0.05, 0.1) is 16.3 Å². The average molecular weight is 454 g/mol. The van der Waals surface area contributed by atoms with Crippen LogP contribution in [0.15, 0.2) is 58.5 Å². The maximum atomic E-state index is 12.9. The van der Waals surface area contributed by atoms with E-state index in [2.05, 4.69) is 15.3 Å². The summed E-state index contributed by atoms with van der Waals surface area (Å²) in [6.07, 6.45) is -4.54. The molecule has 1 aromatic heterocycles. The van der Waals surface area contributed by atoms with Crippen molar-refractivity contribution in [2.24, 2.45) is 0 Å². The third kappa shape index (κ3) is 5.64. The zero-order chi connectivity index (χ0) is 21.9. The van der Waals surface area contributed by atoms with Crippen molar-refractivity contribution < 1.29 is 18.0 Å². The van der Waals surface area contributed by atoms with Gasteiger partial charge in [-0.3, -0.25) is 9.59 Å². The van der Waals surface area contributed by atoms with Crippen LogP contribution in [0.1, 0.15) is 27.2 Å². The quantitative estimate of drug-likeness (QED) is 0.406. The lowest BCUT2D eigenvalue weighted by molar-refractivity contribution is -0.137. The van der Waals surface area contributed by atoms with Gasteiger partial charge >= 0.3 is 6.18 Å². The van der Waals surface area contributed by atoms with Gasteiger partial charge in [-0.2, -0.15) is 13.2 Å². The molecule has 0 radical (unpaired) electrons. The number of nitrogens with zero attached hydrogens (tertiary/aromatic N) is 1. The van der Waals surface area contributed by atoms with Crippen molar-refractivity contribution in [3.8, 4) is 0 Å². The van der Waals surface area contributed by atoms with Crippen LogP contribution in [0.2, 0.25) is 5.02 Å². The number of benzene rings is 2. The number of carbonyl (C=O) groups excluding carboxylic acids is 1. The number of hydrogen-bond acceptors (Lipinski definition) is 4. The Labute approximate surface area is 178 Å². The SMILES string of the molecule is Cc1cc(=O)[nH]c(SCc2ccc(C(=O)Nc3cc(C(F)(F)F)ccc3Cl)cc2)n1. The number of halogens is 4. The molecule has 0 unspecified atom stereocenters. The minimum absolute atomic E-state index is 0.00372. The zero-order valence-electron chi connectivity index (χ0n) is 15.5. The standard InChI is InChI=1S/C20H15ClF3N3O2S/c1-11-8-17(28)27-19(25-11)30-10-12-2-4-13(5-3-12)18(29)26-16-9-14(20(22,23)24)6-7-15(16)21/h2-9H,10H2,1H3,(H,26,29)(H,25,27,28). The molecule has 0 saturated heterocycles. The Hall–Kier alpha value is -2.78. The van der Waals surface area contributed by atoms with E-state index in [0.717, 1.165) is 23.8 Å². The third-order valence-electron chi connectivity index (χ3n) is 3.98. The molecule has 3 rings (SSSR count). The Balaban J connectivity index is 1.67. The highest BCUT2D eigenvalue weighted by Crippen LogP contribution is 2.34. The highest BCUT2D eigenvalue weighted by atomic mass is 35.5. The largest absolute Gasteiger partial charge is 0.416 e. The minimum atomic E-state index is -4.54. The number of aromatic amines is 1. The normalized spacial score (nSPS) is 11.4. The third-order valence-corrected chi connectivity index (χ3v) is 5.26. The smallest absolute Gasteiger partial charge is 0.321 e. The molecule has 0 aliphatic carbocycles. The van der Waals surface area contributed by atoms with E-state index in [1.165, 1.54) is 17.8 Å². The van der Waals surface area contributed by atoms with E-state index in [0.29, 0.717) is 16.6 Å². The van der Waals surface area contributed by atoms with Crippen molar-refractivity contribution in [2.75, 3.05) is 5.32 Å². The van der Waals surface area contributed by atoms with Crippen LogP contribution >= 0.6 is 23.4 Å². The summed E-state index contributed by atoms with van der Waals surface area (Å²) in [6, 6.07) is 10.7. The molecule has 1 amide bonds. The summed E-state index contributed by atoms with van der Waals surface area (Å²) in [5, 5.41) is 2.89. The molecule has 0 bridgehead atoms. The summed E-state index contributed by atoms with van der Waals surface area (Å²) in [5.41, 5.74) is 0.492. The Kier molecular flexibility index (Phi) is 6.52. The van der Waals surface area contributed by atoms with E-state index < -0.39 is 17.6 Å².